The second kappa shape index (κ2) is 6.80. The van der Waals surface area contributed by atoms with Crippen LogP contribution in [-0.2, 0) is 11.3 Å². The van der Waals surface area contributed by atoms with Crippen molar-refractivity contribution in [3.05, 3.63) is 29.8 Å². The van der Waals surface area contributed by atoms with E-state index in [2.05, 4.69) is 15.4 Å². The average Bonchev–Trinajstić information content (AvgIpc) is 2.38. The lowest BCUT2D eigenvalue weighted by atomic mass is 9.92. The number of amides is 1. The maximum absolute atomic E-state index is 12.3. The fraction of sp³-hybridized carbons (Fsp3) is 0.500. The molecule has 0 bridgehead atoms. The Labute approximate surface area is 121 Å². The summed E-state index contributed by atoms with van der Waals surface area (Å²) in [5, 5.41) is 5.52. The van der Waals surface area contributed by atoms with Crippen molar-refractivity contribution in [1.29, 1.82) is 0 Å². The largest absolute Gasteiger partial charge is 0.573 e. The van der Waals surface area contributed by atoms with Crippen molar-refractivity contribution in [2.75, 3.05) is 13.6 Å². The van der Waals surface area contributed by atoms with E-state index in [-0.39, 0.29) is 18.2 Å². The first-order valence-electron chi connectivity index (χ1n) is 6.42. The van der Waals surface area contributed by atoms with Crippen molar-refractivity contribution in [3.63, 3.8) is 0 Å². The summed E-state index contributed by atoms with van der Waals surface area (Å²) >= 11 is 0. The predicted octanol–water partition coefficient (Wildman–Crippen LogP) is 2.45. The molecule has 0 atom stereocenters. The Morgan fingerprint density at radius 1 is 1.24 bits per heavy atom. The smallest absolute Gasteiger partial charge is 0.405 e. The van der Waals surface area contributed by atoms with E-state index in [1.165, 1.54) is 19.2 Å². The van der Waals surface area contributed by atoms with Gasteiger partial charge in [-0.05, 0) is 19.9 Å². The molecular weight excluding hydrogens is 285 g/mol. The Kier molecular flexibility index (Phi) is 5.60. The predicted molar refractivity (Wildman–Crippen MR) is 72.7 cm³/mol. The summed E-state index contributed by atoms with van der Waals surface area (Å²) in [6.07, 6.45) is -4.72. The van der Waals surface area contributed by atoms with E-state index < -0.39 is 11.8 Å². The fourth-order valence-corrected chi connectivity index (χ4v) is 1.80. The Morgan fingerprint density at radius 3 is 2.43 bits per heavy atom. The zero-order valence-corrected chi connectivity index (χ0v) is 12.2. The number of para-hydroxylation sites is 1. The molecule has 0 aromatic heterocycles. The first kappa shape index (κ1) is 17.3. The highest BCUT2D eigenvalue weighted by atomic mass is 19.4. The lowest BCUT2D eigenvalue weighted by Gasteiger charge is -2.23. The second-order valence-electron chi connectivity index (χ2n) is 5.22. The van der Waals surface area contributed by atoms with Crippen LogP contribution in [-0.4, -0.2) is 25.9 Å². The Balaban J connectivity index is 2.66. The maximum atomic E-state index is 12.3. The van der Waals surface area contributed by atoms with E-state index in [4.69, 9.17) is 0 Å². The van der Waals surface area contributed by atoms with Gasteiger partial charge in [0.25, 0.3) is 0 Å². The van der Waals surface area contributed by atoms with Crippen molar-refractivity contribution in [3.8, 4) is 5.75 Å². The number of alkyl halides is 3. The van der Waals surface area contributed by atoms with Gasteiger partial charge in [0.2, 0.25) is 5.91 Å². The molecule has 2 N–H and O–H groups in total. The van der Waals surface area contributed by atoms with Gasteiger partial charge in [-0.1, -0.05) is 18.2 Å². The molecule has 0 fully saturated rings. The summed E-state index contributed by atoms with van der Waals surface area (Å²) in [4.78, 5) is 11.6. The molecular formula is C14H19F3N2O2. The van der Waals surface area contributed by atoms with Crippen LogP contribution in [0.1, 0.15) is 19.4 Å². The first-order chi connectivity index (χ1) is 9.65. The SMILES string of the molecule is CNC(=O)C(C)(C)CNCc1ccccc1OC(F)(F)F. The lowest BCUT2D eigenvalue weighted by Crippen LogP contribution is -2.41. The van der Waals surface area contributed by atoms with Crippen molar-refractivity contribution in [2.45, 2.75) is 26.8 Å². The van der Waals surface area contributed by atoms with Gasteiger partial charge < -0.3 is 15.4 Å². The maximum Gasteiger partial charge on any atom is 0.573 e. The number of carbonyl (C=O) groups is 1. The van der Waals surface area contributed by atoms with Crippen LogP contribution < -0.4 is 15.4 Å². The monoisotopic (exact) mass is 304 g/mol. The highest BCUT2D eigenvalue weighted by Crippen LogP contribution is 2.26. The van der Waals surface area contributed by atoms with Gasteiger partial charge in [-0.25, -0.2) is 0 Å². The third-order valence-corrected chi connectivity index (χ3v) is 2.92. The van der Waals surface area contributed by atoms with Crippen LogP contribution in [0.5, 0.6) is 5.75 Å². The van der Waals surface area contributed by atoms with Crippen molar-refractivity contribution >= 4 is 5.91 Å². The molecule has 4 nitrogen and oxygen atoms in total. The molecule has 1 aromatic rings. The summed E-state index contributed by atoms with van der Waals surface area (Å²) in [6, 6.07) is 5.90. The zero-order chi connectivity index (χ0) is 16.1. The van der Waals surface area contributed by atoms with Crippen LogP contribution in [0.4, 0.5) is 13.2 Å². The van der Waals surface area contributed by atoms with Crippen LogP contribution in [0.2, 0.25) is 0 Å². The van der Waals surface area contributed by atoms with Gasteiger partial charge in [0.1, 0.15) is 5.75 Å². The normalized spacial score (nSPS) is 12.1. The van der Waals surface area contributed by atoms with Gasteiger partial charge in [0.15, 0.2) is 0 Å². The minimum Gasteiger partial charge on any atom is -0.405 e. The number of rotatable bonds is 6. The van der Waals surface area contributed by atoms with Gasteiger partial charge in [-0.2, -0.15) is 0 Å². The van der Waals surface area contributed by atoms with Gasteiger partial charge in [-0.3, -0.25) is 4.79 Å². The van der Waals surface area contributed by atoms with Crippen LogP contribution >= 0.6 is 0 Å². The van der Waals surface area contributed by atoms with Gasteiger partial charge in [-0.15, -0.1) is 13.2 Å². The quantitative estimate of drug-likeness (QED) is 0.849. The molecule has 1 amide bonds. The number of hydrogen-bond donors (Lipinski definition) is 2. The molecule has 0 spiro atoms. The van der Waals surface area contributed by atoms with Gasteiger partial charge >= 0.3 is 6.36 Å². The Hall–Kier alpha value is -1.76. The molecule has 0 saturated heterocycles. The Morgan fingerprint density at radius 2 is 1.86 bits per heavy atom. The summed E-state index contributed by atoms with van der Waals surface area (Å²) < 4.78 is 40.8. The number of carbonyl (C=O) groups excluding carboxylic acids is 1. The van der Waals surface area contributed by atoms with E-state index in [9.17, 15) is 18.0 Å². The molecule has 1 rings (SSSR count). The lowest BCUT2D eigenvalue weighted by molar-refractivity contribution is -0.274. The Bertz CT molecular complexity index is 487. The summed E-state index contributed by atoms with van der Waals surface area (Å²) in [7, 11) is 1.54. The van der Waals surface area contributed by atoms with E-state index >= 15 is 0 Å². The molecule has 0 heterocycles. The standard InChI is InChI=1S/C14H19F3N2O2/c1-13(2,12(20)18-3)9-19-8-10-6-4-5-7-11(10)21-14(15,16)17/h4-7,19H,8-9H2,1-3H3,(H,18,20). The van der Waals surface area contributed by atoms with E-state index in [0.29, 0.717) is 12.1 Å². The number of ether oxygens (including phenoxy) is 1. The molecule has 7 heteroatoms. The number of hydrogen-bond acceptors (Lipinski definition) is 3. The highest BCUT2D eigenvalue weighted by Gasteiger charge is 2.32. The molecule has 0 aliphatic rings. The summed E-state index contributed by atoms with van der Waals surface area (Å²) in [6.45, 7) is 3.99. The van der Waals surface area contributed by atoms with Crippen LogP contribution in [0, 0.1) is 5.41 Å². The molecule has 21 heavy (non-hydrogen) atoms. The van der Waals surface area contributed by atoms with Crippen molar-refractivity contribution < 1.29 is 22.7 Å². The highest BCUT2D eigenvalue weighted by molar-refractivity contribution is 5.81. The number of benzene rings is 1. The van der Waals surface area contributed by atoms with E-state index in [1.54, 1.807) is 26.0 Å². The molecule has 0 unspecified atom stereocenters. The molecule has 0 radical (unpaired) electrons. The van der Waals surface area contributed by atoms with E-state index in [0.717, 1.165) is 0 Å². The third kappa shape index (κ3) is 5.63. The first-order valence-corrected chi connectivity index (χ1v) is 6.42. The van der Waals surface area contributed by atoms with Crippen molar-refractivity contribution in [2.24, 2.45) is 5.41 Å². The van der Waals surface area contributed by atoms with Crippen molar-refractivity contribution in [1.82, 2.24) is 10.6 Å². The zero-order valence-electron chi connectivity index (χ0n) is 12.2. The molecule has 0 saturated carbocycles. The van der Waals surface area contributed by atoms with Gasteiger partial charge in [0, 0.05) is 25.7 Å². The van der Waals surface area contributed by atoms with Gasteiger partial charge in [0.05, 0.1) is 5.41 Å². The topological polar surface area (TPSA) is 50.4 Å². The molecule has 118 valence electrons. The third-order valence-electron chi connectivity index (χ3n) is 2.92. The molecule has 0 aliphatic heterocycles. The minimum atomic E-state index is -4.72. The summed E-state index contributed by atoms with van der Waals surface area (Å²) in [5.74, 6) is -0.384. The molecule has 0 aliphatic carbocycles. The van der Waals surface area contributed by atoms with Crippen LogP contribution in [0.25, 0.3) is 0 Å². The average molecular weight is 304 g/mol. The summed E-state index contributed by atoms with van der Waals surface area (Å²) in [5.41, 5.74) is -0.281. The fourth-order valence-electron chi connectivity index (χ4n) is 1.80. The number of nitrogens with one attached hydrogen (secondary N) is 2. The van der Waals surface area contributed by atoms with Crippen LogP contribution in [0.15, 0.2) is 24.3 Å². The van der Waals surface area contributed by atoms with E-state index in [1.807, 2.05) is 0 Å². The minimum absolute atomic E-state index is 0.144. The number of halogens is 3. The second-order valence-corrected chi connectivity index (χ2v) is 5.22. The molecule has 1 aromatic carbocycles. The van der Waals surface area contributed by atoms with Crippen LogP contribution in [0.3, 0.4) is 0 Å².